The lowest BCUT2D eigenvalue weighted by molar-refractivity contribution is -0.132. The van der Waals surface area contributed by atoms with Gasteiger partial charge < -0.3 is 4.74 Å². The van der Waals surface area contributed by atoms with E-state index in [4.69, 9.17) is 16.3 Å². The van der Waals surface area contributed by atoms with Crippen molar-refractivity contribution in [3.05, 3.63) is 91.0 Å². The maximum absolute atomic E-state index is 12.5. The minimum atomic E-state index is -2.51. The highest BCUT2D eigenvalue weighted by atomic mass is 35.5. The van der Waals surface area contributed by atoms with Crippen molar-refractivity contribution in [2.75, 3.05) is 7.11 Å². The van der Waals surface area contributed by atoms with Gasteiger partial charge >= 0.3 is 5.97 Å². The first-order valence-electron chi connectivity index (χ1n) is 7.88. The molecule has 3 aromatic carbocycles. The molecule has 0 heterocycles. The second kappa shape index (κ2) is 7.74. The molecule has 0 spiro atoms. The Labute approximate surface area is 153 Å². The van der Waals surface area contributed by atoms with E-state index in [1.165, 1.54) is 7.11 Å². The van der Waals surface area contributed by atoms with Gasteiger partial charge in [0.05, 0.1) is 7.11 Å². The fourth-order valence-electron chi connectivity index (χ4n) is 2.96. The van der Waals surface area contributed by atoms with Crippen molar-refractivity contribution < 1.29 is 9.53 Å². The molecule has 0 saturated heterocycles. The summed E-state index contributed by atoms with van der Waals surface area (Å²) in [6.45, 7) is -2.51. The maximum Gasteiger partial charge on any atom is 0.350 e. The van der Waals surface area contributed by atoms with Crippen molar-refractivity contribution in [1.82, 2.24) is 0 Å². The highest BCUT2D eigenvalue weighted by molar-refractivity contribution is 7.98. The molecule has 0 N–H and O–H groups in total. The maximum atomic E-state index is 12.5. The molecule has 25 heavy (non-hydrogen) atoms. The van der Waals surface area contributed by atoms with E-state index in [9.17, 15) is 4.79 Å². The van der Waals surface area contributed by atoms with Gasteiger partial charge in [0, 0.05) is 6.89 Å². The van der Waals surface area contributed by atoms with Crippen molar-refractivity contribution in [2.24, 2.45) is 0 Å². The Balaban J connectivity index is 2.52. The van der Waals surface area contributed by atoms with E-state index in [2.05, 4.69) is 0 Å². The zero-order valence-corrected chi connectivity index (χ0v) is 15.5. The van der Waals surface area contributed by atoms with Crippen molar-refractivity contribution in [3.8, 4) is 0 Å². The van der Waals surface area contributed by atoms with E-state index < -0.39 is 12.9 Å². The number of benzene rings is 3. The molecule has 0 aromatic heterocycles. The normalized spacial score (nSPS) is 11.0. The van der Waals surface area contributed by atoms with Crippen LogP contribution in [0.25, 0.3) is 0 Å². The third-order valence-electron chi connectivity index (χ3n) is 4.08. The van der Waals surface area contributed by atoms with Crippen LogP contribution in [0.15, 0.2) is 91.0 Å². The number of carbonyl (C=O) groups is 1. The SMILES string of the molecule is COC(=O)C(Cl)=P(c1ccccc1)(c1ccccc1)c1ccccc1. The fourth-order valence-corrected chi connectivity index (χ4v) is 7.72. The average molecular weight is 369 g/mol. The molecule has 0 unspecified atom stereocenters. The van der Waals surface area contributed by atoms with E-state index in [1.54, 1.807) is 0 Å². The lowest BCUT2D eigenvalue weighted by Gasteiger charge is -2.29. The van der Waals surface area contributed by atoms with E-state index in [1.807, 2.05) is 91.0 Å². The van der Waals surface area contributed by atoms with Crippen molar-refractivity contribution >= 4 is 45.1 Å². The zero-order chi connectivity index (χ0) is 17.7. The highest BCUT2D eigenvalue weighted by Gasteiger charge is 2.32. The monoisotopic (exact) mass is 368 g/mol. The molecule has 0 radical (unpaired) electrons. The second-order valence-corrected chi connectivity index (χ2v) is 9.44. The zero-order valence-electron chi connectivity index (χ0n) is 13.8. The minimum absolute atomic E-state index is 0.221. The van der Waals surface area contributed by atoms with Crippen molar-refractivity contribution in [1.29, 1.82) is 0 Å². The van der Waals surface area contributed by atoms with Gasteiger partial charge in [0.1, 0.15) is 4.75 Å². The first-order chi connectivity index (χ1) is 12.2. The summed E-state index contributed by atoms with van der Waals surface area (Å²) < 4.78 is 5.22. The number of hydrogen-bond donors (Lipinski definition) is 0. The number of hydrogen-bond acceptors (Lipinski definition) is 2. The number of methoxy groups -OCH3 is 1. The summed E-state index contributed by atoms with van der Waals surface area (Å²) >= 11 is 6.75. The van der Waals surface area contributed by atoms with Crippen LogP contribution in [0.2, 0.25) is 0 Å². The summed E-state index contributed by atoms with van der Waals surface area (Å²) in [4.78, 5) is 12.5. The number of rotatable bonds is 4. The molecule has 0 aliphatic heterocycles. The Hall–Kier alpha value is -2.28. The van der Waals surface area contributed by atoms with Gasteiger partial charge in [-0.2, -0.15) is 0 Å². The molecule has 3 aromatic rings. The van der Waals surface area contributed by atoms with Crippen LogP contribution in [0, 0.1) is 0 Å². The molecular weight excluding hydrogens is 351 g/mol. The number of halogens is 1. The van der Waals surface area contributed by atoms with Gasteiger partial charge in [-0.3, -0.25) is 0 Å². The van der Waals surface area contributed by atoms with E-state index in [0.717, 1.165) is 15.9 Å². The van der Waals surface area contributed by atoms with Gasteiger partial charge in [0.15, 0.2) is 0 Å². The number of ether oxygens (including phenoxy) is 1. The van der Waals surface area contributed by atoms with E-state index in [0.29, 0.717) is 0 Å². The van der Waals surface area contributed by atoms with Crippen molar-refractivity contribution in [2.45, 2.75) is 0 Å². The average Bonchev–Trinajstić information content (AvgIpc) is 2.70. The van der Waals surface area contributed by atoms with Crippen LogP contribution in [-0.4, -0.2) is 17.8 Å². The summed E-state index contributed by atoms with van der Waals surface area (Å²) in [5.41, 5.74) is 0. The van der Waals surface area contributed by atoms with Gasteiger partial charge in [-0.25, -0.2) is 4.79 Å². The van der Waals surface area contributed by atoms with Crippen LogP contribution in [0.5, 0.6) is 0 Å². The largest absolute Gasteiger partial charge is 0.465 e. The third-order valence-corrected chi connectivity index (χ3v) is 8.98. The molecule has 3 rings (SSSR count). The summed E-state index contributed by atoms with van der Waals surface area (Å²) in [5, 5.41) is 3.05. The lowest BCUT2D eigenvalue weighted by atomic mass is 10.4. The first-order valence-corrected chi connectivity index (χ1v) is 10.0. The van der Waals surface area contributed by atoms with Gasteiger partial charge in [-0.15, -0.1) is 0 Å². The van der Waals surface area contributed by atoms with E-state index in [-0.39, 0.29) is 4.75 Å². The molecule has 0 bridgehead atoms. The van der Waals surface area contributed by atoms with Crippen molar-refractivity contribution in [3.63, 3.8) is 0 Å². The molecule has 0 aliphatic carbocycles. The Morgan fingerprint density at radius 3 is 1.32 bits per heavy atom. The predicted molar refractivity (Wildman–Crippen MR) is 108 cm³/mol. The molecule has 0 fully saturated rings. The molecule has 126 valence electrons. The molecule has 0 atom stereocenters. The summed E-state index contributed by atoms with van der Waals surface area (Å²) in [7, 11) is 1.36. The Bertz CT molecular complexity index is 803. The first kappa shape index (κ1) is 17.5. The van der Waals surface area contributed by atoms with Crippen LogP contribution in [0.4, 0.5) is 0 Å². The molecule has 0 amide bonds. The molecular formula is C21H18ClO2P. The number of esters is 1. The van der Waals surface area contributed by atoms with Gasteiger partial charge in [-0.1, -0.05) is 103 Å². The Morgan fingerprint density at radius 1 is 0.720 bits per heavy atom. The number of carbonyl (C=O) groups excluding carboxylic acids is 1. The Morgan fingerprint density at radius 2 is 1.04 bits per heavy atom. The topological polar surface area (TPSA) is 26.3 Å². The Kier molecular flexibility index (Phi) is 5.43. The van der Waals surface area contributed by atoms with Gasteiger partial charge in [0.2, 0.25) is 0 Å². The van der Waals surface area contributed by atoms with Crippen LogP contribution < -0.4 is 15.9 Å². The predicted octanol–water partition coefficient (Wildman–Crippen LogP) is 3.52. The lowest BCUT2D eigenvalue weighted by Crippen LogP contribution is -2.31. The molecule has 2 nitrogen and oxygen atoms in total. The summed E-state index contributed by atoms with van der Waals surface area (Å²) in [6, 6.07) is 29.9. The molecule has 0 saturated carbocycles. The van der Waals surface area contributed by atoms with Crippen LogP contribution in [0.3, 0.4) is 0 Å². The summed E-state index contributed by atoms with van der Waals surface area (Å²) in [6.07, 6.45) is 0. The highest BCUT2D eigenvalue weighted by Crippen LogP contribution is 2.47. The standard InChI is InChI=1S/C21H18ClO2P/c1-24-21(23)20(22)25(17-11-5-2-6-12-17,18-13-7-3-8-14-18)19-15-9-4-10-16-19/h2-16H,1H3. The third kappa shape index (κ3) is 3.16. The van der Waals surface area contributed by atoms with E-state index >= 15 is 0 Å². The fraction of sp³-hybridized carbons (Fsp3) is 0.0476. The minimum Gasteiger partial charge on any atom is -0.465 e. The van der Waals surface area contributed by atoms with Gasteiger partial charge in [0.25, 0.3) is 0 Å². The van der Waals surface area contributed by atoms with Crippen LogP contribution in [0.1, 0.15) is 0 Å². The quantitative estimate of drug-likeness (QED) is 0.520. The molecule has 0 aliphatic rings. The van der Waals surface area contributed by atoms with Crippen LogP contribution >= 0.6 is 18.5 Å². The van der Waals surface area contributed by atoms with Gasteiger partial charge in [-0.05, 0) is 15.9 Å². The second-order valence-electron chi connectivity index (χ2n) is 5.46. The van der Waals surface area contributed by atoms with Crippen LogP contribution in [-0.2, 0) is 9.53 Å². The molecule has 4 heteroatoms. The smallest absolute Gasteiger partial charge is 0.350 e. The summed E-state index contributed by atoms with van der Waals surface area (Å²) in [5.74, 6) is -0.494.